The van der Waals surface area contributed by atoms with Crippen molar-refractivity contribution in [2.45, 2.75) is 19.9 Å². The number of hydrogen-bond donors (Lipinski definition) is 1. The molecule has 0 aliphatic rings. The molecule has 0 aliphatic heterocycles. The summed E-state index contributed by atoms with van der Waals surface area (Å²) in [5.41, 5.74) is 2.73. The van der Waals surface area contributed by atoms with E-state index in [9.17, 15) is 4.79 Å². The lowest BCUT2D eigenvalue weighted by molar-refractivity contribution is 0.0697. The number of fused-ring (bicyclic) bond motifs is 1. The molecule has 6 heteroatoms. The van der Waals surface area contributed by atoms with Crippen LogP contribution in [0.25, 0.3) is 22.4 Å². The summed E-state index contributed by atoms with van der Waals surface area (Å²) in [6, 6.07) is 10.4. The lowest BCUT2D eigenvalue weighted by atomic mass is 10.1. The van der Waals surface area contributed by atoms with E-state index in [0.717, 1.165) is 22.4 Å². The molecule has 1 aromatic heterocycles. The zero-order valence-corrected chi connectivity index (χ0v) is 14.1. The lowest BCUT2D eigenvalue weighted by Gasteiger charge is -2.13. The van der Waals surface area contributed by atoms with Gasteiger partial charge in [-0.25, -0.2) is 9.78 Å². The summed E-state index contributed by atoms with van der Waals surface area (Å²) in [5, 5.41) is 9.95. The maximum atomic E-state index is 11.0. The monoisotopic (exact) mass is 348 g/mol. The molecule has 0 atom stereocenters. The highest BCUT2D eigenvalue weighted by atomic mass is 35.5. The third-order valence-electron chi connectivity index (χ3n) is 3.64. The van der Waals surface area contributed by atoms with Gasteiger partial charge in [0.05, 0.1) is 26.6 Å². The number of carboxylic acid groups (broad SMARTS) is 1. The number of halogens is 2. The largest absolute Gasteiger partial charge is 0.478 e. The van der Waals surface area contributed by atoms with Crippen molar-refractivity contribution in [1.82, 2.24) is 9.55 Å². The van der Waals surface area contributed by atoms with E-state index in [0.29, 0.717) is 10.0 Å². The molecule has 23 heavy (non-hydrogen) atoms. The van der Waals surface area contributed by atoms with Crippen LogP contribution in [-0.2, 0) is 0 Å². The number of imidazole rings is 1. The molecule has 1 heterocycles. The molecule has 0 unspecified atom stereocenters. The molecule has 0 radical (unpaired) electrons. The number of carboxylic acids is 1. The van der Waals surface area contributed by atoms with Gasteiger partial charge in [-0.05, 0) is 38.1 Å². The molecule has 3 aromatic rings. The Hall–Kier alpha value is -2.04. The van der Waals surface area contributed by atoms with Gasteiger partial charge in [-0.1, -0.05) is 35.3 Å². The molecule has 1 N–H and O–H groups in total. The van der Waals surface area contributed by atoms with Crippen molar-refractivity contribution in [3.05, 3.63) is 52.0 Å². The van der Waals surface area contributed by atoms with Gasteiger partial charge in [0.25, 0.3) is 0 Å². The van der Waals surface area contributed by atoms with Crippen LogP contribution in [-0.4, -0.2) is 20.6 Å². The van der Waals surface area contributed by atoms with E-state index < -0.39 is 5.97 Å². The molecule has 118 valence electrons. The van der Waals surface area contributed by atoms with Crippen molar-refractivity contribution in [2.24, 2.45) is 0 Å². The quantitative estimate of drug-likeness (QED) is 0.699. The molecular weight excluding hydrogens is 335 g/mol. The minimum Gasteiger partial charge on any atom is -0.478 e. The minimum atomic E-state index is -0.951. The third kappa shape index (κ3) is 2.80. The highest BCUT2D eigenvalue weighted by molar-refractivity contribution is 6.42. The Bertz CT molecular complexity index is 899. The first-order valence-electron chi connectivity index (χ1n) is 7.09. The molecule has 2 aromatic carbocycles. The Kier molecular flexibility index (Phi) is 4.04. The van der Waals surface area contributed by atoms with Crippen LogP contribution in [0.2, 0.25) is 10.0 Å². The van der Waals surface area contributed by atoms with Gasteiger partial charge in [-0.2, -0.15) is 0 Å². The SMILES string of the molecule is CC(C)n1c(-c2ccc(C(=O)O)cc2)nc2cc(Cl)c(Cl)cc21. The topological polar surface area (TPSA) is 55.1 Å². The van der Waals surface area contributed by atoms with E-state index in [2.05, 4.69) is 23.4 Å². The molecule has 0 saturated carbocycles. The number of rotatable bonds is 3. The van der Waals surface area contributed by atoms with Crippen LogP contribution < -0.4 is 0 Å². The number of benzene rings is 2. The average molecular weight is 349 g/mol. The second kappa shape index (κ2) is 5.87. The van der Waals surface area contributed by atoms with Crippen LogP contribution in [0.1, 0.15) is 30.2 Å². The number of nitrogens with zero attached hydrogens (tertiary/aromatic N) is 2. The summed E-state index contributed by atoms with van der Waals surface area (Å²) in [6.45, 7) is 4.11. The van der Waals surface area contributed by atoms with Gasteiger partial charge in [0.2, 0.25) is 0 Å². The summed E-state index contributed by atoms with van der Waals surface area (Å²) in [7, 11) is 0. The molecular formula is C17H14Cl2N2O2. The van der Waals surface area contributed by atoms with Crippen molar-refractivity contribution in [1.29, 1.82) is 0 Å². The van der Waals surface area contributed by atoms with Gasteiger partial charge in [0.15, 0.2) is 0 Å². The molecule has 0 aliphatic carbocycles. The zero-order chi connectivity index (χ0) is 16.7. The van der Waals surface area contributed by atoms with Crippen molar-refractivity contribution < 1.29 is 9.90 Å². The van der Waals surface area contributed by atoms with E-state index in [1.54, 1.807) is 36.4 Å². The first-order valence-corrected chi connectivity index (χ1v) is 7.85. The van der Waals surface area contributed by atoms with Crippen LogP contribution in [0.5, 0.6) is 0 Å². The summed E-state index contributed by atoms with van der Waals surface area (Å²) < 4.78 is 2.06. The standard InChI is InChI=1S/C17H14Cl2N2O2/c1-9(2)21-15-8-13(19)12(18)7-14(15)20-16(21)10-3-5-11(6-4-10)17(22)23/h3-9H,1-2H3,(H,22,23). The Morgan fingerprint density at radius 1 is 1.13 bits per heavy atom. The summed E-state index contributed by atoms with van der Waals surface area (Å²) >= 11 is 12.2. The number of hydrogen-bond acceptors (Lipinski definition) is 2. The Morgan fingerprint density at radius 2 is 1.74 bits per heavy atom. The molecule has 0 fully saturated rings. The minimum absolute atomic E-state index is 0.159. The molecule has 0 amide bonds. The predicted octanol–water partition coefficient (Wildman–Crippen LogP) is 5.29. The van der Waals surface area contributed by atoms with Crippen molar-refractivity contribution in [3.8, 4) is 11.4 Å². The smallest absolute Gasteiger partial charge is 0.335 e. The first kappa shape index (κ1) is 15.8. The van der Waals surface area contributed by atoms with Crippen LogP contribution in [0.3, 0.4) is 0 Å². The summed E-state index contributed by atoms with van der Waals surface area (Å²) in [6.07, 6.45) is 0. The van der Waals surface area contributed by atoms with E-state index in [1.807, 2.05) is 0 Å². The van der Waals surface area contributed by atoms with Crippen molar-refractivity contribution in [2.75, 3.05) is 0 Å². The fourth-order valence-electron chi connectivity index (χ4n) is 2.58. The average Bonchev–Trinajstić information content (AvgIpc) is 2.86. The van der Waals surface area contributed by atoms with Crippen LogP contribution in [0, 0.1) is 0 Å². The number of aromatic nitrogens is 2. The lowest BCUT2D eigenvalue weighted by Crippen LogP contribution is -2.03. The third-order valence-corrected chi connectivity index (χ3v) is 4.36. The molecule has 0 saturated heterocycles. The second-order valence-electron chi connectivity index (χ2n) is 5.54. The van der Waals surface area contributed by atoms with Gasteiger partial charge in [0.1, 0.15) is 5.82 Å². The van der Waals surface area contributed by atoms with Gasteiger partial charge in [-0.3, -0.25) is 0 Å². The Balaban J connectivity index is 2.23. The zero-order valence-electron chi connectivity index (χ0n) is 12.5. The Labute approximate surface area is 143 Å². The molecule has 4 nitrogen and oxygen atoms in total. The summed E-state index contributed by atoms with van der Waals surface area (Å²) in [4.78, 5) is 15.6. The van der Waals surface area contributed by atoms with Crippen molar-refractivity contribution in [3.63, 3.8) is 0 Å². The highest BCUT2D eigenvalue weighted by Crippen LogP contribution is 2.33. The van der Waals surface area contributed by atoms with Crippen LogP contribution >= 0.6 is 23.2 Å². The van der Waals surface area contributed by atoms with Crippen molar-refractivity contribution >= 4 is 40.2 Å². The molecule has 0 bridgehead atoms. The maximum absolute atomic E-state index is 11.0. The fraction of sp³-hybridized carbons (Fsp3) is 0.176. The maximum Gasteiger partial charge on any atom is 0.335 e. The number of carbonyl (C=O) groups is 1. The van der Waals surface area contributed by atoms with E-state index in [1.165, 1.54) is 0 Å². The van der Waals surface area contributed by atoms with Crippen LogP contribution in [0.15, 0.2) is 36.4 Å². The highest BCUT2D eigenvalue weighted by Gasteiger charge is 2.17. The van der Waals surface area contributed by atoms with Gasteiger partial charge < -0.3 is 9.67 Å². The van der Waals surface area contributed by atoms with Gasteiger partial charge >= 0.3 is 5.97 Å². The Morgan fingerprint density at radius 3 is 2.30 bits per heavy atom. The number of aromatic carboxylic acids is 1. The molecule has 0 spiro atoms. The summed E-state index contributed by atoms with van der Waals surface area (Å²) in [5.74, 6) is -0.197. The van der Waals surface area contributed by atoms with E-state index >= 15 is 0 Å². The first-order chi connectivity index (χ1) is 10.9. The normalized spacial score (nSPS) is 11.3. The fourth-order valence-corrected chi connectivity index (χ4v) is 2.89. The molecule has 3 rings (SSSR count). The van der Waals surface area contributed by atoms with E-state index in [4.69, 9.17) is 28.3 Å². The predicted molar refractivity (Wildman–Crippen MR) is 92.5 cm³/mol. The van der Waals surface area contributed by atoms with Crippen LogP contribution in [0.4, 0.5) is 0 Å². The second-order valence-corrected chi connectivity index (χ2v) is 6.35. The van der Waals surface area contributed by atoms with Gasteiger partial charge in [0, 0.05) is 11.6 Å². The van der Waals surface area contributed by atoms with Gasteiger partial charge in [-0.15, -0.1) is 0 Å². The van der Waals surface area contributed by atoms with E-state index in [-0.39, 0.29) is 11.6 Å².